The maximum absolute atomic E-state index is 12.4. The maximum Gasteiger partial charge on any atom is 0.232 e. The number of hydrogen-bond acceptors (Lipinski definition) is 2. The van der Waals surface area contributed by atoms with Gasteiger partial charge in [-0.2, -0.15) is 0 Å². The van der Waals surface area contributed by atoms with Gasteiger partial charge in [-0.3, -0.25) is 4.79 Å². The van der Waals surface area contributed by atoms with Crippen LogP contribution in [0.4, 0.5) is 4.39 Å². The predicted molar refractivity (Wildman–Crippen MR) is 42.1 cm³/mol. The molecule has 1 N–H and O–H groups in total. The van der Waals surface area contributed by atoms with Crippen LogP contribution in [0, 0.1) is 5.82 Å². The van der Waals surface area contributed by atoms with Crippen LogP contribution >= 0.6 is 0 Å². The van der Waals surface area contributed by atoms with Gasteiger partial charge in [0.25, 0.3) is 0 Å². The highest BCUT2D eigenvalue weighted by Crippen LogP contribution is 2.30. The second kappa shape index (κ2) is 2.17. The lowest BCUT2D eigenvalue weighted by Crippen LogP contribution is -1.77. The third kappa shape index (κ3) is 0.906. The Morgan fingerprint density at radius 1 is 1.17 bits per heavy atom. The minimum atomic E-state index is -0.355. The van der Waals surface area contributed by atoms with Crippen molar-refractivity contribution in [2.75, 3.05) is 0 Å². The van der Waals surface area contributed by atoms with Gasteiger partial charge in [0, 0.05) is 0 Å². The van der Waals surface area contributed by atoms with E-state index >= 15 is 0 Å². The van der Waals surface area contributed by atoms with Crippen molar-refractivity contribution in [3.8, 4) is 16.9 Å². The van der Waals surface area contributed by atoms with Gasteiger partial charge in [0.05, 0.1) is 5.56 Å². The molecule has 3 heteroatoms. The molecule has 0 fully saturated rings. The molecule has 0 amide bonds. The highest BCUT2D eigenvalue weighted by molar-refractivity contribution is 5.79. The van der Waals surface area contributed by atoms with Crippen molar-refractivity contribution in [2.24, 2.45) is 0 Å². The largest absolute Gasteiger partial charge is 0.504 e. The smallest absolute Gasteiger partial charge is 0.232 e. The molecule has 0 heterocycles. The molecule has 12 heavy (non-hydrogen) atoms. The molecule has 0 bridgehead atoms. The van der Waals surface area contributed by atoms with Crippen molar-refractivity contribution in [1.29, 1.82) is 0 Å². The Morgan fingerprint density at radius 2 is 1.67 bits per heavy atom. The first-order chi connectivity index (χ1) is 5.70. The number of hydrogen-bond donors (Lipinski definition) is 1. The van der Waals surface area contributed by atoms with Gasteiger partial charge in [0.15, 0.2) is 5.75 Å². The Bertz CT molecular complexity index is 421. The van der Waals surface area contributed by atoms with Gasteiger partial charge in [-0.25, -0.2) is 4.39 Å². The molecule has 0 atom stereocenters. The van der Waals surface area contributed by atoms with Crippen LogP contribution in [0.15, 0.2) is 29.1 Å². The quantitative estimate of drug-likeness (QED) is 0.692. The van der Waals surface area contributed by atoms with Crippen LogP contribution < -0.4 is 5.43 Å². The van der Waals surface area contributed by atoms with E-state index in [-0.39, 0.29) is 17.0 Å². The van der Waals surface area contributed by atoms with E-state index in [2.05, 4.69) is 0 Å². The Morgan fingerprint density at radius 3 is 2.08 bits per heavy atom. The summed E-state index contributed by atoms with van der Waals surface area (Å²) in [7, 11) is 0. The zero-order valence-electron chi connectivity index (χ0n) is 6.04. The summed E-state index contributed by atoms with van der Waals surface area (Å²) in [5.41, 5.74) is 0.524. The second-order valence-electron chi connectivity index (χ2n) is 2.56. The molecular formula is C9H5FO2. The monoisotopic (exact) mass is 164 g/mol. The fraction of sp³-hybridized carbons (Fsp3) is 0. The van der Waals surface area contributed by atoms with Gasteiger partial charge in [0.2, 0.25) is 5.43 Å². The third-order valence-electron chi connectivity index (χ3n) is 1.75. The van der Waals surface area contributed by atoms with Crippen LogP contribution in [0.3, 0.4) is 0 Å². The molecule has 0 aliphatic carbocycles. The molecule has 0 aliphatic rings. The highest BCUT2D eigenvalue weighted by atomic mass is 19.1. The van der Waals surface area contributed by atoms with Crippen molar-refractivity contribution in [2.45, 2.75) is 0 Å². The second-order valence-corrected chi connectivity index (χ2v) is 2.56. The topological polar surface area (TPSA) is 37.3 Å². The Balaban J connectivity index is 2.44. The minimum Gasteiger partial charge on any atom is -0.504 e. The van der Waals surface area contributed by atoms with E-state index in [1.165, 1.54) is 24.3 Å². The van der Waals surface area contributed by atoms with Crippen LogP contribution in [0.5, 0.6) is 5.75 Å². The average Bonchev–Trinajstić information content (AvgIpc) is 2.63. The molecule has 0 aliphatic heterocycles. The number of rotatable bonds is 1. The van der Waals surface area contributed by atoms with Crippen LogP contribution in [-0.4, -0.2) is 5.11 Å². The summed E-state index contributed by atoms with van der Waals surface area (Å²) in [6, 6.07) is 5.43. The van der Waals surface area contributed by atoms with Crippen molar-refractivity contribution in [1.82, 2.24) is 0 Å². The first-order valence-corrected chi connectivity index (χ1v) is 3.44. The van der Waals surface area contributed by atoms with Crippen molar-refractivity contribution in [3.05, 3.63) is 40.3 Å². The number of benzene rings is 1. The average molecular weight is 164 g/mol. The van der Waals surface area contributed by atoms with Crippen LogP contribution in [0.2, 0.25) is 0 Å². The molecule has 0 unspecified atom stereocenters. The molecule has 2 aromatic carbocycles. The van der Waals surface area contributed by atoms with Gasteiger partial charge in [-0.05, 0) is 17.7 Å². The summed E-state index contributed by atoms with van der Waals surface area (Å²) in [4.78, 5) is 10.7. The molecule has 0 radical (unpaired) electrons. The van der Waals surface area contributed by atoms with Crippen LogP contribution in [0.1, 0.15) is 0 Å². The highest BCUT2D eigenvalue weighted by Gasteiger charge is 2.22. The molecule has 2 aromatic rings. The summed E-state index contributed by atoms with van der Waals surface area (Å²) >= 11 is 0. The number of halogens is 1. The Kier molecular flexibility index (Phi) is 1.27. The summed E-state index contributed by atoms with van der Waals surface area (Å²) in [6.45, 7) is 0. The first-order valence-electron chi connectivity index (χ1n) is 3.44. The molecular weight excluding hydrogens is 159 g/mol. The fourth-order valence-electron chi connectivity index (χ4n) is 1.05. The maximum atomic E-state index is 12.4. The van der Waals surface area contributed by atoms with E-state index in [1.54, 1.807) is 0 Å². The number of aromatic hydroxyl groups is 1. The lowest BCUT2D eigenvalue weighted by Gasteiger charge is -1.90. The zero-order valence-corrected chi connectivity index (χ0v) is 6.04. The van der Waals surface area contributed by atoms with E-state index in [1.807, 2.05) is 0 Å². The van der Waals surface area contributed by atoms with Crippen molar-refractivity contribution >= 4 is 0 Å². The van der Waals surface area contributed by atoms with E-state index in [0.717, 1.165) is 0 Å². The normalized spacial score (nSPS) is 10.8. The van der Waals surface area contributed by atoms with E-state index < -0.39 is 0 Å². The van der Waals surface area contributed by atoms with E-state index in [9.17, 15) is 9.18 Å². The standard InChI is InChI=1S/C9H5FO2/c10-6-3-1-5(2-4-6)7-8(11)9(7)12/h1-4,11H. The zero-order chi connectivity index (χ0) is 8.72. The van der Waals surface area contributed by atoms with Gasteiger partial charge < -0.3 is 5.11 Å². The first kappa shape index (κ1) is 7.03. The van der Waals surface area contributed by atoms with Crippen LogP contribution in [0.25, 0.3) is 11.1 Å². The van der Waals surface area contributed by atoms with E-state index in [4.69, 9.17) is 5.11 Å². The van der Waals surface area contributed by atoms with Gasteiger partial charge in [-0.1, -0.05) is 12.1 Å². The van der Waals surface area contributed by atoms with Crippen molar-refractivity contribution in [3.63, 3.8) is 0 Å². The summed E-state index contributed by atoms with van der Waals surface area (Å²) < 4.78 is 12.4. The molecule has 2 nitrogen and oxygen atoms in total. The molecule has 60 valence electrons. The Labute approximate surface area is 67.6 Å². The summed E-state index contributed by atoms with van der Waals surface area (Å²) in [6.07, 6.45) is 0. The fourth-order valence-corrected chi connectivity index (χ4v) is 1.05. The summed E-state index contributed by atoms with van der Waals surface area (Å²) in [5, 5.41) is 8.85. The molecule has 0 spiro atoms. The molecule has 0 saturated carbocycles. The molecule has 0 aromatic heterocycles. The SMILES string of the molecule is O=c1c(O)c1-c1ccc(F)cc1. The molecule has 0 saturated heterocycles. The summed E-state index contributed by atoms with van der Waals surface area (Å²) in [5.74, 6) is -0.562. The predicted octanol–water partition coefficient (Wildman–Crippen LogP) is 1.43. The third-order valence-corrected chi connectivity index (χ3v) is 1.75. The minimum absolute atomic E-state index is 0.207. The lowest BCUT2D eigenvalue weighted by molar-refractivity contribution is 0.489. The van der Waals surface area contributed by atoms with Crippen LogP contribution in [-0.2, 0) is 0 Å². The lowest BCUT2D eigenvalue weighted by atomic mass is 10.2. The Hall–Kier alpha value is -1.64. The molecule has 2 rings (SSSR count). The van der Waals surface area contributed by atoms with Crippen molar-refractivity contribution < 1.29 is 9.50 Å². The van der Waals surface area contributed by atoms with Gasteiger partial charge in [0.1, 0.15) is 5.82 Å². The van der Waals surface area contributed by atoms with E-state index in [0.29, 0.717) is 11.1 Å². The van der Waals surface area contributed by atoms with Gasteiger partial charge in [-0.15, -0.1) is 0 Å². The van der Waals surface area contributed by atoms with Gasteiger partial charge >= 0.3 is 0 Å².